The molecule has 3 fully saturated rings. The molecule has 3 heterocycles. The van der Waals surface area contributed by atoms with Crippen molar-refractivity contribution in [3.63, 3.8) is 0 Å². The first-order chi connectivity index (χ1) is 30.2. The van der Waals surface area contributed by atoms with E-state index < -0.39 is 90.3 Å². The van der Waals surface area contributed by atoms with Crippen LogP contribution in [0.3, 0.4) is 0 Å². The molecular weight excluding hydrogens is 823 g/mol. The van der Waals surface area contributed by atoms with Gasteiger partial charge in [-0.2, -0.15) is 0 Å². The Hall–Kier alpha value is -3.37. The van der Waals surface area contributed by atoms with Gasteiger partial charge in [0.25, 0.3) is 11.7 Å². The quantitative estimate of drug-likeness (QED) is 0.125. The number of fused-ring (bicyclic) bond motifs is 3. The average molecular weight is 900 g/mol. The topological polar surface area (TPSA) is 228 Å². The highest BCUT2D eigenvalue weighted by atomic mass is 16.6. The van der Waals surface area contributed by atoms with E-state index in [2.05, 4.69) is 0 Å². The number of Topliss-reactive ketones (excluding diaryl/α,β-unsaturated/α-hetero) is 3. The van der Waals surface area contributed by atoms with Gasteiger partial charge in [0.05, 0.1) is 36.9 Å². The van der Waals surface area contributed by atoms with Crippen molar-refractivity contribution < 1.29 is 64.1 Å². The molecule has 0 spiro atoms. The molecule has 1 aliphatic carbocycles. The Morgan fingerprint density at radius 1 is 0.844 bits per heavy atom. The molecule has 4 rings (SSSR count). The van der Waals surface area contributed by atoms with Crippen molar-refractivity contribution in [1.82, 2.24) is 4.90 Å². The molecule has 0 aromatic heterocycles. The maximum atomic E-state index is 14.3. The third kappa shape index (κ3) is 13.8. The molecule has 360 valence electrons. The standard InChI is InChI=1S/C50H77NO13/c1-29-13-9-8-10-14-30(2)42(55)25-38-18-16-35(7)50(62,64-38)47(59)48(60)51-20-12-11-15-40(51)49(61)63-44(32(4)23-36-17-19-41(54)37(24-36)27-52)26-43(56)31(3)22-34(6)46(58)39(28-53)45(57)33(5)21-29/h8-10,13-14,22,29,31-33,35-42,44,46,52-55,58,62H,11-12,15-21,23-28H2,1-7H3/b10-8+,13-9+,30-14+,34-22+/t29-,31-,32-,33-,35-,36+,37+,38+,39+,40+,41-,42?,44+,46-,50?/m1/s1. The highest BCUT2D eigenvalue weighted by Gasteiger charge is 2.53. The van der Waals surface area contributed by atoms with E-state index in [0.717, 1.165) is 4.90 Å². The van der Waals surface area contributed by atoms with Crippen molar-refractivity contribution in [1.29, 1.82) is 0 Å². The first-order valence-electron chi connectivity index (χ1n) is 23.7. The van der Waals surface area contributed by atoms with E-state index in [0.29, 0.717) is 68.9 Å². The monoisotopic (exact) mass is 900 g/mol. The van der Waals surface area contributed by atoms with Gasteiger partial charge in [-0.3, -0.25) is 19.2 Å². The Morgan fingerprint density at radius 3 is 2.25 bits per heavy atom. The van der Waals surface area contributed by atoms with E-state index in [9.17, 15) is 54.6 Å². The first kappa shape index (κ1) is 53.2. The smallest absolute Gasteiger partial charge is 0.329 e. The van der Waals surface area contributed by atoms with Crippen LogP contribution in [-0.2, 0) is 33.4 Å². The molecule has 6 N–H and O–H groups in total. The lowest BCUT2D eigenvalue weighted by Gasteiger charge is -2.42. The summed E-state index contributed by atoms with van der Waals surface area (Å²) in [6, 6.07) is -1.18. The summed E-state index contributed by atoms with van der Waals surface area (Å²) in [5, 5.41) is 64.9. The summed E-state index contributed by atoms with van der Waals surface area (Å²) in [6.07, 6.45) is 10.4. The second-order valence-corrected chi connectivity index (χ2v) is 19.7. The lowest BCUT2D eigenvalue weighted by atomic mass is 9.75. The van der Waals surface area contributed by atoms with Gasteiger partial charge in [-0.15, -0.1) is 0 Å². The van der Waals surface area contributed by atoms with Crippen molar-refractivity contribution in [3.05, 3.63) is 47.6 Å². The first-order valence-corrected chi connectivity index (χ1v) is 23.7. The van der Waals surface area contributed by atoms with Crippen molar-refractivity contribution in [2.45, 2.75) is 168 Å². The van der Waals surface area contributed by atoms with Gasteiger partial charge in [0.2, 0.25) is 5.79 Å². The molecular formula is C50H77NO13. The minimum absolute atomic E-state index is 0.0359. The number of aliphatic hydroxyl groups is 6. The third-order valence-corrected chi connectivity index (χ3v) is 14.5. The summed E-state index contributed by atoms with van der Waals surface area (Å²) in [4.78, 5) is 71.3. The van der Waals surface area contributed by atoms with Crippen LogP contribution in [0.25, 0.3) is 0 Å². The normalized spacial score (nSPS) is 40.9. The van der Waals surface area contributed by atoms with Crippen LogP contribution in [0.1, 0.15) is 126 Å². The van der Waals surface area contributed by atoms with Crippen molar-refractivity contribution in [3.8, 4) is 0 Å². The third-order valence-electron chi connectivity index (χ3n) is 14.5. The Kier molecular flexibility index (Phi) is 20.3. The Labute approximate surface area is 379 Å². The maximum absolute atomic E-state index is 14.3. The molecule has 2 bridgehead atoms. The molecule has 3 aliphatic heterocycles. The summed E-state index contributed by atoms with van der Waals surface area (Å²) in [5.74, 6) is -10.0. The van der Waals surface area contributed by atoms with Crippen LogP contribution in [-0.4, -0.2) is 127 Å². The highest BCUT2D eigenvalue weighted by Crippen LogP contribution is 2.38. The molecule has 14 nitrogen and oxygen atoms in total. The summed E-state index contributed by atoms with van der Waals surface area (Å²) in [6.45, 7) is 11.5. The molecule has 4 aliphatic rings. The summed E-state index contributed by atoms with van der Waals surface area (Å²) >= 11 is 0. The fourth-order valence-corrected chi connectivity index (χ4v) is 10.0. The number of piperidine rings is 1. The Balaban J connectivity index is 1.69. The van der Waals surface area contributed by atoms with E-state index in [1.165, 1.54) is 0 Å². The number of rotatable bonds is 5. The van der Waals surface area contributed by atoms with E-state index in [1.807, 2.05) is 26.0 Å². The van der Waals surface area contributed by atoms with Gasteiger partial charge in [0, 0.05) is 49.7 Å². The van der Waals surface area contributed by atoms with Crippen LogP contribution >= 0.6 is 0 Å². The van der Waals surface area contributed by atoms with E-state index in [1.54, 1.807) is 58.9 Å². The maximum Gasteiger partial charge on any atom is 0.329 e. The number of ether oxygens (including phenoxy) is 2. The predicted octanol–water partition coefficient (Wildman–Crippen LogP) is 4.71. The van der Waals surface area contributed by atoms with Crippen LogP contribution in [0.15, 0.2) is 47.6 Å². The summed E-state index contributed by atoms with van der Waals surface area (Å²) in [5.41, 5.74) is 0.941. The fraction of sp³-hybridized carbons (Fsp3) is 0.740. The van der Waals surface area contributed by atoms with E-state index in [-0.39, 0.29) is 67.7 Å². The van der Waals surface area contributed by atoms with Crippen molar-refractivity contribution in [2.24, 2.45) is 47.3 Å². The summed E-state index contributed by atoms with van der Waals surface area (Å²) in [7, 11) is 0. The van der Waals surface area contributed by atoms with Crippen LogP contribution in [0.5, 0.6) is 0 Å². The number of hydrogen-bond acceptors (Lipinski definition) is 13. The molecule has 15 atom stereocenters. The number of esters is 1. The van der Waals surface area contributed by atoms with Crippen LogP contribution < -0.4 is 0 Å². The SMILES string of the molecule is C\C1=C/C=C/C=C/[C@@H](C)C[C@@H](C)C(=O)[C@H](CO)[C@H](O)/C(C)=C/[C@@H](C)C(=O)C[C@@H]([C@H](C)C[C@@H]2CC[C@@H](O)[C@H](CO)C2)OC(=O)[C@@H]2CCCCN2C(=O)C(=O)C2(O)O[C@@H](CC[C@H]2C)CC1O. The number of allylic oxidation sites excluding steroid dienone is 6. The lowest BCUT2D eigenvalue weighted by Crippen LogP contribution is -2.61. The van der Waals surface area contributed by atoms with Gasteiger partial charge in [-0.25, -0.2) is 4.79 Å². The second-order valence-electron chi connectivity index (χ2n) is 19.7. The minimum Gasteiger partial charge on any atom is -0.460 e. The molecule has 14 heteroatoms. The number of carbonyl (C=O) groups is 5. The van der Waals surface area contributed by atoms with Gasteiger partial charge >= 0.3 is 5.97 Å². The highest BCUT2D eigenvalue weighted by molar-refractivity contribution is 6.39. The van der Waals surface area contributed by atoms with Crippen molar-refractivity contribution >= 4 is 29.2 Å². The van der Waals surface area contributed by atoms with Crippen LogP contribution in [0.4, 0.5) is 0 Å². The summed E-state index contributed by atoms with van der Waals surface area (Å²) < 4.78 is 12.2. The average Bonchev–Trinajstić information content (AvgIpc) is 3.26. The number of cyclic esters (lactones) is 1. The van der Waals surface area contributed by atoms with E-state index >= 15 is 0 Å². The number of carbonyl (C=O) groups excluding carboxylic acids is 5. The van der Waals surface area contributed by atoms with Gasteiger partial charge in [0.1, 0.15) is 23.7 Å². The molecule has 0 aromatic carbocycles. The number of ketones is 3. The zero-order chi connectivity index (χ0) is 47.5. The van der Waals surface area contributed by atoms with Crippen LogP contribution in [0.2, 0.25) is 0 Å². The number of hydrogen-bond donors (Lipinski definition) is 6. The molecule has 1 amide bonds. The minimum atomic E-state index is -2.50. The Bertz CT molecular complexity index is 1740. The number of amides is 1. The molecule has 0 aromatic rings. The number of nitrogens with zero attached hydrogens (tertiary/aromatic N) is 1. The van der Waals surface area contributed by atoms with Crippen LogP contribution in [0, 0.1) is 47.3 Å². The van der Waals surface area contributed by atoms with E-state index in [4.69, 9.17) is 9.47 Å². The zero-order valence-electron chi connectivity index (χ0n) is 39.1. The van der Waals surface area contributed by atoms with Crippen molar-refractivity contribution in [2.75, 3.05) is 19.8 Å². The fourth-order valence-electron chi connectivity index (χ4n) is 10.0. The zero-order valence-corrected chi connectivity index (χ0v) is 39.1. The molecule has 0 radical (unpaired) electrons. The van der Waals surface area contributed by atoms with Gasteiger partial charge in [-0.05, 0) is 107 Å². The van der Waals surface area contributed by atoms with Gasteiger partial charge in [0.15, 0.2) is 0 Å². The van der Waals surface area contributed by atoms with Gasteiger partial charge < -0.3 is 45.0 Å². The molecule has 2 saturated heterocycles. The second kappa shape index (κ2) is 24.4. The molecule has 64 heavy (non-hydrogen) atoms. The largest absolute Gasteiger partial charge is 0.460 e. The lowest BCUT2D eigenvalue weighted by molar-refractivity contribution is -0.265. The molecule has 2 unspecified atom stereocenters. The molecule has 1 saturated carbocycles. The Morgan fingerprint density at radius 2 is 1.56 bits per heavy atom. The predicted molar refractivity (Wildman–Crippen MR) is 240 cm³/mol. The number of aliphatic hydroxyl groups excluding tert-OH is 5. The van der Waals surface area contributed by atoms with Gasteiger partial charge in [-0.1, -0.05) is 71.1 Å².